The molecule has 2 heterocycles. The topological polar surface area (TPSA) is 9.23 Å². The van der Waals surface area contributed by atoms with E-state index < -0.39 is 0 Å². The molecule has 0 unspecified atom stereocenters. The van der Waals surface area contributed by atoms with Gasteiger partial charge in [-0.05, 0) is 55.1 Å². The Kier molecular flexibility index (Phi) is 1.41. The third-order valence-electron chi connectivity index (χ3n) is 6.14. The molecule has 88 valence electrons. The summed E-state index contributed by atoms with van der Waals surface area (Å²) in [6, 6.07) is 8.95. The first-order valence-electron chi connectivity index (χ1n) is 7.06. The summed E-state index contributed by atoms with van der Waals surface area (Å²) in [5.74, 6) is 3.58. The maximum atomic E-state index is 6.48. The predicted octanol–water partition coefficient (Wildman–Crippen LogP) is 3.65. The minimum atomic E-state index is 0.0474. The second-order valence-electron chi connectivity index (χ2n) is 6.67. The van der Waals surface area contributed by atoms with Crippen LogP contribution in [0.2, 0.25) is 0 Å². The van der Waals surface area contributed by atoms with Crippen molar-refractivity contribution < 1.29 is 4.74 Å². The van der Waals surface area contributed by atoms with Gasteiger partial charge in [-0.25, -0.2) is 0 Å². The second kappa shape index (κ2) is 2.61. The number of rotatable bonds is 0. The molecule has 1 saturated heterocycles. The number of hydrogen-bond acceptors (Lipinski definition) is 1. The molecule has 2 aliphatic carbocycles. The van der Waals surface area contributed by atoms with Gasteiger partial charge < -0.3 is 4.74 Å². The lowest BCUT2D eigenvalue weighted by atomic mass is 9.64. The Morgan fingerprint density at radius 3 is 2.94 bits per heavy atom. The second-order valence-corrected chi connectivity index (χ2v) is 6.67. The summed E-state index contributed by atoms with van der Waals surface area (Å²) >= 11 is 0. The number of ether oxygens (including phenoxy) is 1. The first-order chi connectivity index (χ1) is 8.29. The lowest BCUT2D eigenvalue weighted by molar-refractivity contribution is -0.0390. The van der Waals surface area contributed by atoms with Crippen LogP contribution in [0.25, 0.3) is 0 Å². The molecule has 0 aromatic heterocycles. The van der Waals surface area contributed by atoms with Crippen LogP contribution < -0.4 is 0 Å². The zero-order valence-electron chi connectivity index (χ0n) is 10.2. The van der Waals surface area contributed by atoms with Gasteiger partial charge in [0.15, 0.2) is 0 Å². The van der Waals surface area contributed by atoms with Gasteiger partial charge in [-0.1, -0.05) is 24.3 Å². The van der Waals surface area contributed by atoms with Crippen LogP contribution in [0.15, 0.2) is 24.3 Å². The smallest absolute Gasteiger partial charge is 0.0949 e. The van der Waals surface area contributed by atoms with Crippen molar-refractivity contribution in [1.29, 1.82) is 0 Å². The van der Waals surface area contributed by atoms with Crippen LogP contribution in [0, 0.1) is 23.7 Å². The molecule has 4 aliphatic rings. The third kappa shape index (κ3) is 0.835. The van der Waals surface area contributed by atoms with Gasteiger partial charge in [0.2, 0.25) is 0 Å². The Bertz CT molecular complexity index is 508. The van der Waals surface area contributed by atoms with Crippen LogP contribution in [-0.2, 0) is 10.3 Å². The van der Waals surface area contributed by atoms with Crippen LogP contribution in [0.1, 0.15) is 43.4 Å². The van der Waals surface area contributed by atoms with Crippen molar-refractivity contribution in [2.45, 2.75) is 37.9 Å². The third-order valence-corrected chi connectivity index (χ3v) is 6.14. The van der Waals surface area contributed by atoms with Crippen molar-refractivity contribution in [2.75, 3.05) is 0 Å². The van der Waals surface area contributed by atoms with Crippen molar-refractivity contribution in [3.63, 3.8) is 0 Å². The Hall–Kier alpha value is -0.820. The largest absolute Gasteiger partial charge is 0.362 e. The Balaban J connectivity index is 1.76. The van der Waals surface area contributed by atoms with Gasteiger partial charge >= 0.3 is 0 Å². The minimum absolute atomic E-state index is 0.0474. The van der Waals surface area contributed by atoms with Gasteiger partial charge in [-0.15, -0.1) is 0 Å². The first kappa shape index (κ1) is 9.16. The highest BCUT2D eigenvalue weighted by molar-refractivity contribution is 5.43. The highest BCUT2D eigenvalue weighted by Crippen LogP contribution is 2.71. The summed E-state index contributed by atoms with van der Waals surface area (Å²) in [4.78, 5) is 0. The lowest BCUT2D eigenvalue weighted by Gasteiger charge is -2.38. The minimum Gasteiger partial charge on any atom is -0.362 e. The fraction of sp³-hybridized carbons (Fsp3) is 0.625. The van der Waals surface area contributed by atoms with Crippen molar-refractivity contribution in [2.24, 2.45) is 23.7 Å². The van der Waals surface area contributed by atoms with E-state index in [-0.39, 0.29) is 5.60 Å². The fourth-order valence-electron chi connectivity index (χ4n) is 5.72. The molecular formula is C16H18O. The Morgan fingerprint density at radius 2 is 2.00 bits per heavy atom. The summed E-state index contributed by atoms with van der Waals surface area (Å²) < 4.78 is 6.48. The average Bonchev–Trinajstić information content (AvgIpc) is 3.05. The van der Waals surface area contributed by atoms with E-state index >= 15 is 0 Å². The maximum absolute atomic E-state index is 6.48. The van der Waals surface area contributed by atoms with Gasteiger partial charge in [-0.3, -0.25) is 0 Å². The van der Waals surface area contributed by atoms with E-state index in [4.69, 9.17) is 4.74 Å². The van der Waals surface area contributed by atoms with Crippen molar-refractivity contribution >= 4 is 0 Å². The molecule has 2 aliphatic heterocycles. The van der Waals surface area contributed by atoms with Gasteiger partial charge in [0.1, 0.15) is 0 Å². The van der Waals surface area contributed by atoms with E-state index in [1.54, 1.807) is 0 Å². The highest BCUT2D eigenvalue weighted by atomic mass is 16.5. The maximum Gasteiger partial charge on any atom is 0.0949 e. The number of fused-ring (bicyclic) bond motifs is 12. The molecule has 0 spiro atoms. The van der Waals surface area contributed by atoms with Gasteiger partial charge in [0, 0.05) is 5.92 Å². The molecular weight excluding hydrogens is 208 g/mol. The average molecular weight is 226 g/mol. The SMILES string of the molecule is C[C@@]12O[C@@H](c3ccccc31)[C@H]1[C@@H]3CC[C@@H](C3)[C@H]12. The van der Waals surface area contributed by atoms with Gasteiger partial charge in [0.05, 0.1) is 11.7 Å². The van der Waals surface area contributed by atoms with E-state index in [1.807, 2.05) is 0 Å². The van der Waals surface area contributed by atoms with Crippen LogP contribution in [0.5, 0.6) is 0 Å². The zero-order chi connectivity index (χ0) is 11.2. The normalized spacial score (nSPS) is 52.9. The highest BCUT2D eigenvalue weighted by Gasteiger charge is 2.67. The van der Waals surface area contributed by atoms with Crippen molar-refractivity contribution in [3.8, 4) is 0 Å². The summed E-state index contributed by atoms with van der Waals surface area (Å²) in [5.41, 5.74) is 3.05. The molecule has 0 amide bonds. The lowest BCUT2D eigenvalue weighted by Crippen LogP contribution is -2.36. The molecule has 1 aromatic carbocycles. The molecule has 3 fully saturated rings. The Labute approximate surface area is 102 Å². The molecule has 1 nitrogen and oxygen atoms in total. The van der Waals surface area contributed by atoms with Gasteiger partial charge in [-0.2, -0.15) is 0 Å². The molecule has 6 atom stereocenters. The van der Waals surface area contributed by atoms with Crippen LogP contribution in [-0.4, -0.2) is 0 Å². The summed E-state index contributed by atoms with van der Waals surface area (Å²) in [6.45, 7) is 2.36. The van der Waals surface area contributed by atoms with Crippen LogP contribution in [0.3, 0.4) is 0 Å². The van der Waals surface area contributed by atoms with Crippen LogP contribution >= 0.6 is 0 Å². The van der Waals surface area contributed by atoms with Crippen LogP contribution in [0.4, 0.5) is 0 Å². The van der Waals surface area contributed by atoms with Gasteiger partial charge in [0.25, 0.3) is 0 Å². The monoisotopic (exact) mass is 226 g/mol. The van der Waals surface area contributed by atoms with E-state index in [0.29, 0.717) is 6.10 Å². The standard InChI is InChI=1S/C16H18O/c1-16-12-5-3-2-4-11(12)15(17-16)13-9-6-7-10(8-9)14(13)16/h2-5,9-10,13-15H,6-8H2,1H3/t9-,10+,13+,14-,15+,16-/m1/s1. The quantitative estimate of drug-likeness (QED) is 0.656. The van der Waals surface area contributed by atoms with E-state index in [9.17, 15) is 0 Å². The summed E-state index contributed by atoms with van der Waals surface area (Å²) in [5, 5.41) is 0. The molecule has 2 saturated carbocycles. The fourth-order valence-corrected chi connectivity index (χ4v) is 5.72. The van der Waals surface area contributed by atoms with E-state index in [0.717, 1.165) is 23.7 Å². The molecule has 4 bridgehead atoms. The first-order valence-corrected chi connectivity index (χ1v) is 7.06. The molecule has 0 radical (unpaired) electrons. The molecule has 17 heavy (non-hydrogen) atoms. The molecule has 1 aromatic rings. The van der Waals surface area contributed by atoms with E-state index in [1.165, 1.54) is 30.4 Å². The predicted molar refractivity (Wildman–Crippen MR) is 65.4 cm³/mol. The molecule has 5 rings (SSSR count). The Morgan fingerprint density at radius 1 is 1.18 bits per heavy atom. The van der Waals surface area contributed by atoms with Crippen molar-refractivity contribution in [3.05, 3.63) is 35.4 Å². The summed E-state index contributed by atoms with van der Waals surface area (Å²) in [6.07, 6.45) is 4.83. The summed E-state index contributed by atoms with van der Waals surface area (Å²) in [7, 11) is 0. The van der Waals surface area contributed by atoms with E-state index in [2.05, 4.69) is 31.2 Å². The van der Waals surface area contributed by atoms with Crippen molar-refractivity contribution in [1.82, 2.24) is 0 Å². The number of hydrogen-bond donors (Lipinski definition) is 0. The molecule has 0 N–H and O–H groups in total. The zero-order valence-corrected chi connectivity index (χ0v) is 10.2. The number of benzene rings is 1. The molecule has 1 heteroatoms.